The Labute approximate surface area is 107 Å². The first-order chi connectivity index (χ1) is 7.36. The van der Waals surface area contributed by atoms with Crippen molar-refractivity contribution in [2.45, 2.75) is 47.0 Å². The van der Waals surface area contributed by atoms with Crippen molar-refractivity contribution in [2.24, 2.45) is 0 Å². The van der Waals surface area contributed by atoms with Gasteiger partial charge >= 0.3 is 0 Å². The zero-order valence-corrected chi connectivity index (χ0v) is 12.6. The summed E-state index contributed by atoms with van der Waals surface area (Å²) in [5.74, 6) is 0. The van der Waals surface area contributed by atoms with Crippen molar-refractivity contribution in [2.75, 3.05) is 0 Å². The lowest BCUT2D eigenvalue weighted by atomic mass is 9.85. The van der Waals surface area contributed by atoms with Gasteiger partial charge in [0.1, 0.15) is 6.29 Å². The minimum absolute atomic E-state index is 0.0774. The van der Waals surface area contributed by atoms with Gasteiger partial charge in [0.25, 0.3) is 0 Å². The summed E-state index contributed by atoms with van der Waals surface area (Å²) in [4.78, 5) is 10.8. The topological polar surface area (TPSA) is 17.1 Å². The van der Waals surface area contributed by atoms with Crippen LogP contribution < -0.4 is 0 Å². The summed E-state index contributed by atoms with van der Waals surface area (Å²) in [5, 5.41) is 0. The van der Waals surface area contributed by atoms with Gasteiger partial charge in [0.2, 0.25) is 0 Å². The van der Waals surface area contributed by atoms with Crippen molar-refractivity contribution in [1.29, 1.82) is 0 Å². The highest BCUT2D eigenvalue weighted by Gasteiger charge is 2.16. The minimum atomic E-state index is 0.0774. The average Bonchev–Trinajstić information content (AvgIpc) is 2.23. The van der Waals surface area contributed by atoms with Gasteiger partial charge in [-0.3, -0.25) is 4.79 Å². The standard InChI is InChI=1S/C12H15BrO.C2H6/c1-8-9(7-14)5-10(6-11(8)13)12(2,3)4;1-2/h5-7H,1-4H3;1-2H3. The van der Waals surface area contributed by atoms with Crippen LogP contribution in [-0.2, 0) is 5.41 Å². The Balaban J connectivity index is 0.00000106. The van der Waals surface area contributed by atoms with E-state index >= 15 is 0 Å². The summed E-state index contributed by atoms with van der Waals surface area (Å²) in [5.41, 5.74) is 3.03. The predicted molar refractivity (Wildman–Crippen MR) is 74.3 cm³/mol. The van der Waals surface area contributed by atoms with Gasteiger partial charge in [0.15, 0.2) is 0 Å². The van der Waals surface area contributed by atoms with Gasteiger partial charge < -0.3 is 0 Å². The second-order valence-corrected chi connectivity index (χ2v) is 5.39. The maximum Gasteiger partial charge on any atom is 0.150 e. The molecule has 0 amide bonds. The van der Waals surface area contributed by atoms with Gasteiger partial charge in [-0.25, -0.2) is 0 Å². The molecule has 0 aliphatic rings. The number of carbonyl (C=O) groups is 1. The first-order valence-electron chi connectivity index (χ1n) is 5.62. The van der Waals surface area contributed by atoms with Crippen LogP contribution in [0, 0.1) is 6.92 Å². The van der Waals surface area contributed by atoms with Crippen LogP contribution in [0.3, 0.4) is 0 Å². The number of rotatable bonds is 1. The van der Waals surface area contributed by atoms with Crippen molar-refractivity contribution in [3.05, 3.63) is 33.3 Å². The van der Waals surface area contributed by atoms with Crippen LogP contribution in [0.2, 0.25) is 0 Å². The Morgan fingerprint density at radius 3 is 2.06 bits per heavy atom. The van der Waals surface area contributed by atoms with Crippen molar-refractivity contribution in [3.8, 4) is 0 Å². The number of hydrogen-bond donors (Lipinski definition) is 0. The van der Waals surface area contributed by atoms with Crippen molar-refractivity contribution in [3.63, 3.8) is 0 Å². The second-order valence-electron chi connectivity index (χ2n) is 4.54. The van der Waals surface area contributed by atoms with Crippen molar-refractivity contribution < 1.29 is 4.79 Å². The Kier molecular flexibility index (Phi) is 5.95. The molecule has 0 aliphatic carbocycles. The van der Waals surface area contributed by atoms with E-state index in [4.69, 9.17) is 0 Å². The molecule has 1 aromatic carbocycles. The summed E-state index contributed by atoms with van der Waals surface area (Å²) in [6.07, 6.45) is 0.912. The molecule has 0 aliphatic heterocycles. The number of halogens is 1. The molecular formula is C14H21BrO. The summed E-state index contributed by atoms with van der Waals surface area (Å²) in [6, 6.07) is 4.05. The number of benzene rings is 1. The van der Waals surface area contributed by atoms with Gasteiger partial charge in [-0.2, -0.15) is 0 Å². The SMILES string of the molecule is CC.Cc1c(Br)cc(C(C)(C)C)cc1C=O. The highest BCUT2D eigenvalue weighted by atomic mass is 79.9. The quantitative estimate of drug-likeness (QED) is 0.671. The lowest BCUT2D eigenvalue weighted by Crippen LogP contribution is -2.12. The zero-order chi connectivity index (χ0) is 12.9. The predicted octanol–water partition coefficient (Wildman–Crippen LogP) is 4.89. The molecule has 1 nitrogen and oxygen atoms in total. The molecule has 0 heterocycles. The van der Waals surface area contributed by atoms with Gasteiger partial charge in [0, 0.05) is 10.0 Å². The molecule has 0 N–H and O–H groups in total. The molecule has 0 saturated carbocycles. The average molecular weight is 285 g/mol. The van der Waals surface area contributed by atoms with E-state index in [1.165, 1.54) is 5.56 Å². The molecule has 2 heteroatoms. The molecule has 1 aromatic rings. The third kappa shape index (κ3) is 3.75. The fourth-order valence-electron chi connectivity index (χ4n) is 1.26. The van der Waals surface area contributed by atoms with Gasteiger partial charge in [-0.1, -0.05) is 50.5 Å². The summed E-state index contributed by atoms with van der Waals surface area (Å²) in [6.45, 7) is 12.4. The number of carbonyl (C=O) groups excluding carboxylic acids is 1. The third-order valence-corrected chi connectivity index (χ3v) is 3.20. The smallest absolute Gasteiger partial charge is 0.150 e. The van der Waals surface area contributed by atoms with Crippen LogP contribution in [0.5, 0.6) is 0 Å². The molecule has 0 saturated heterocycles. The van der Waals surface area contributed by atoms with Crippen LogP contribution in [0.25, 0.3) is 0 Å². The second kappa shape index (κ2) is 6.19. The van der Waals surface area contributed by atoms with E-state index in [1.54, 1.807) is 0 Å². The minimum Gasteiger partial charge on any atom is -0.298 e. The maximum atomic E-state index is 10.8. The Hall–Kier alpha value is -0.630. The molecule has 1 rings (SSSR count). The first-order valence-corrected chi connectivity index (χ1v) is 6.41. The summed E-state index contributed by atoms with van der Waals surface area (Å²) in [7, 11) is 0. The van der Waals surface area contributed by atoms with Gasteiger partial charge in [-0.05, 0) is 35.6 Å². The van der Waals surface area contributed by atoms with Crippen LogP contribution in [0.4, 0.5) is 0 Å². The molecule has 0 radical (unpaired) electrons. The van der Waals surface area contributed by atoms with Crippen LogP contribution in [0.1, 0.15) is 56.1 Å². The van der Waals surface area contributed by atoms with E-state index in [1.807, 2.05) is 26.8 Å². The highest BCUT2D eigenvalue weighted by molar-refractivity contribution is 9.10. The zero-order valence-electron chi connectivity index (χ0n) is 11.0. The summed E-state index contributed by atoms with van der Waals surface area (Å²) < 4.78 is 1.01. The van der Waals surface area contributed by atoms with E-state index in [2.05, 4.69) is 42.8 Å². The molecule has 0 spiro atoms. The Morgan fingerprint density at radius 1 is 1.19 bits per heavy atom. The molecule has 0 fully saturated rings. The Bertz CT molecular complexity index is 362. The number of aldehydes is 1. The third-order valence-electron chi connectivity index (χ3n) is 2.38. The number of hydrogen-bond acceptors (Lipinski definition) is 1. The molecule has 0 aromatic heterocycles. The largest absolute Gasteiger partial charge is 0.298 e. The molecule has 0 unspecified atom stereocenters. The van der Waals surface area contributed by atoms with Gasteiger partial charge in [0.05, 0.1) is 0 Å². The first kappa shape index (κ1) is 15.4. The van der Waals surface area contributed by atoms with E-state index in [-0.39, 0.29) is 5.41 Å². The van der Waals surface area contributed by atoms with Crippen LogP contribution >= 0.6 is 15.9 Å². The highest BCUT2D eigenvalue weighted by Crippen LogP contribution is 2.28. The van der Waals surface area contributed by atoms with E-state index in [9.17, 15) is 4.79 Å². The van der Waals surface area contributed by atoms with Crippen LogP contribution in [-0.4, -0.2) is 6.29 Å². The summed E-state index contributed by atoms with van der Waals surface area (Å²) >= 11 is 3.47. The molecular weight excluding hydrogens is 264 g/mol. The molecule has 16 heavy (non-hydrogen) atoms. The molecule has 0 bridgehead atoms. The fourth-order valence-corrected chi connectivity index (χ4v) is 1.73. The normalized spacial score (nSPS) is 10.4. The van der Waals surface area contributed by atoms with Gasteiger partial charge in [-0.15, -0.1) is 0 Å². The molecule has 90 valence electrons. The molecule has 0 atom stereocenters. The van der Waals surface area contributed by atoms with E-state index < -0.39 is 0 Å². The monoisotopic (exact) mass is 284 g/mol. The van der Waals surface area contributed by atoms with Crippen molar-refractivity contribution >= 4 is 22.2 Å². The van der Waals surface area contributed by atoms with Crippen molar-refractivity contribution in [1.82, 2.24) is 0 Å². The van der Waals surface area contributed by atoms with E-state index in [0.29, 0.717) is 0 Å². The lowest BCUT2D eigenvalue weighted by Gasteiger charge is -2.20. The fraction of sp³-hybridized carbons (Fsp3) is 0.500. The maximum absolute atomic E-state index is 10.8. The lowest BCUT2D eigenvalue weighted by molar-refractivity contribution is 0.112. The Morgan fingerprint density at radius 2 is 1.69 bits per heavy atom. The van der Waals surface area contributed by atoms with E-state index in [0.717, 1.165) is 21.9 Å². The van der Waals surface area contributed by atoms with Crippen LogP contribution in [0.15, 0.2) is 16.6 Å².